The number of ether oxygens (including phenoxy) is 1. The van der Waals surface area contributed by atoms with Crippen LogP contribution in [0.15, 0.2) is 42.9 Å². The second kappa shape index (κ2) is 11.5. The van der Waals surface area contributed by atoms with Crippen LogP contribution in [0.5, 0.6) is 0 Å². The number of carbonyl (C=O) groups excluding carboxylic acids is 1. The zero-order chi connectivity index (χ0) is 30.1. The topological polar surface area (TPSA) is 163 Å². The molecule has 0 saturated carbocycles. The van der Waals surface area contributed by atoms with E-state index in [4.69, 9.17) is 9.84 Å². The third-order valence-corrected chi connectivity index (χ3v) is 8.14. The Labute approximate surface area is 246 Å². The maximum absolute atomic E-state index is 12.2. The number of rotatable bonds is 7. The van der Waals surface area contributed by atoms with Gasteiger partial charge in [-0.3, -0.25) is 10.3 Å². The summed E-state index contributed by atoms with van der Waals surface area (Å²) in [6, 6.07) is 7.52. The standard InChI is InChI=1S/C29H33N7O5S/c1-5-30-25(37)35-26-34-22-13-17(18-15-32-24(33-16-18)28(2,3)40)12-20(23(22)42-26)21-14-19(6-9-31-21)36-10-7-29(4,8-11-36)41-27(38)39/h6,9,12-16,40H,5,7-8,10-11H2,1-4H3,(H,38,39)(H2,30,34,35,37). The zero-order valence-corrected chi connectivity index (χ0v) is 24.7. The summed E-state index contributed by atoms with van der Waals surface area (Å²) in [4.78, 5) is 43.6. The van der Waals surface area contributed by atoms with E-state index in [0.717, 1.165) is 32.8 Å². The molecular weight excluding hydrogens is 558 g/mol. The van der Waals surface area contributed by atoms with Crippen molar-refractivity contribution in [2.75, 3.05) is 29.9 Å². The predicted octanol–water partition coefficient (Wildman–Crippen LogP) is 5.24. The number of carbonyl (C=O) groups is 2. The van der Waals surface area contributed by atoms with E-state index in [9.17, 15) is 14.7 Å². The lowest BCUT2D eigenvalue weighted by atomic mass is 9.93. The van der Waals surface area contributed by atoms with Gasteiger partial charge < -0.3 is 25.2 Å². The number of aromatic nitrogens is 4. The molecule has 220 valence electrons. The van der Waals surface area contributed by atoms with Gasteiger partial charge in [0.05, 0.1) is 15.9 Å². The number of urea groups is 1. The first-order chi connectivity index (χ1) is 19.9. The van der Waals surface area contributed by atoms with E-state index in [1.807, 2.05) is 38.1 Å². The quantitative estimate of drug-likeness (QED) is 0.209. The lowest BCUT2D eigenvalue weighted by Gasteiger charge is -2.39. The number of thiazole rings is 1. The van der Waals surface area contributed by atoms with E-state index >= 15 is 0 Å². The first-order valence-corrected chi connectivity index (χ1v) is 14.4. The molecule has 4 heterocycles. The fourth-order valence-corrected chi connectivity index (χ4v) is 5.82. The number of amides is 2. The van der Waals surface area contributed by atoms with Crippen molar-refractivity contribution in [3.8, 4) is 22.4 Å². The van der Waals surface area contributed by atoms with Crippen molar-refractivity contribution >= 4 is 44.6 Å². The van der Waals surface area contributed by atoms with Gasteiger partial charge in [0.1, 0.15) is 11.2 Å². The monoisotopic (exact) mass is 591 g/mol. The summed E-state index contributed by atoms with van der Waals surface area (Å²) in [5.41, 5.74) is 2.85. The van der Waals surface area contributed by atoms with E-state index < -0.39 is 17.4 Å². The minimum atomic E-state index is -1.26. The van der Waals surface area contributed by atoms with Crippen molar-refractivity contribution in [2.24, 2.45) is 0 Å². The summed E-state index contributed by atoms with van der Waals surface area (Å²) in [6.07, 6.45) is 4.97. The molecule has 0 radical (unpaired) electrons. The number of hydrogen-bond acceptors (Lipinski definition) is 10. The number of nitrogens with one attached hydrogen (secondary N) is 2. The summed E-state index contributed by atoms with van der Waals surface area (Å²) in [5.74, 6) is 0.315. The molecular formula is C29H33N7O5S. The molecule has 0 spiro atoms. The Balaban J connectivity index is 1.53. The number of carboxylic acid groups (broad SMARTS) is 1. The van der Waals surface area contributed by atoms with Gasteiger partial charge in [0.25, 0.3) is 0 Å². The SMILES string of the molecule is CCNC(=O)Nc1nc2cc(-c3cnc(C(C)(C)O)nc3)cc(-c3cc(N4CCC(C)(OC(=O)O)CC4)ccn3)c2s1. The Bertz CT molecular complexity index is 1610. The summed E-state index contributed by atoms with van der Waals surface area (Å²) < 4.78 is 6.00. The molecule has 13 heteroatoms. The Morgan fingerprint density at radius 3 is 2.48 bits per heavy atom. The van der Waals surface area contributed by atoms with Gasteiger partial charge in [-0.1, -0.05) is 11.3 Å². The van der Waals surface area contributed by atoms with Gasteiger partial charge in [0, 0.05) is 67.9 Å². The molecule has 1 fully saturated rings. The van der Waals surface area contributed by atoms with Gasteiger partial charge in [0.15, 0.2) is 11.0 Å². The van der Waals surface area contributed by atoms with Crippen molar-refractivity contribution in [1.29, 1.82) is 0 Å². The molecule has 12 nitrogen and oxygen atoms in total. The molecule has 1 aromatic carbocycles. The summed E-state index contributed by atoms with van der Waals surface area (Å²) in [5, 5.41) is 25.4. The number of nitrogens with zero attached hydrogens (tertiary/aromatic N) is 5. The normalized spacial score (nSPS) is 14.9. The highest BCUT2D eigenvalue weighted by Crippen LogP contribution is 2.39. The molecule has 0 aliphatic carbocycles. The molecule has 1 saturated heterocycles. The minimum Gasteiger partial charge on any atom is -0.450 e. The van der Waals surface area contributed by atoms with Crippen LogP contribution < -0.4 is 15.5 Å². The second-order valence-electron chi connectivity index (χ2n) is 10.9. The largest absolute Gasteiger partial charge is 0.506 e. The molecule has 1 aliphatic rings. The van der Waals surface area contributed by atoms with E-state index in [2.05, 4.69) is 35.5 Å². The van der Waals surface area contributed by atoms with Crippen LogP contribution in [0, 0.1) is 0 Å². The smallest absolute Gasteiger partial charge is 0.450 e. The number of fused-ring (bicyclic) bond motifs is 1. The number of anilines is 2. The third kappa shape index (κ3) is 6.42. The third-order valence-electron chi connectivity index (χ3n) is 7.12. The van der Waals surface area contributed by atoms with Gasteiger partial charge >= 0.3 is 12.2 Å². The molecule has 42 heavy (non-hydrogen) atoms. The number of hydrogen-bond donors (Lipinski definition) is 4. The maximum Gasteiger partial charge on any atom is 0.506 e. The molecule has 0 bridgehead atoms. The molecule has 4 aromatic rings. The van der Waals surface area contributed by atoms with Crippen LogP contribution in [0.4, 0.5) is 20.4 Å². The molecule has 1 aliphatic heterocycles. The first kappa shape index (κ1) is 29.1. The Kier molecular flexibility index (Phi) is 7.97. The van der Waals surface area contributed by atoms with Crippen LogP contribution in [0.1, 0.15) is 46.4 Å². The van der Waals surface area contributed by atoms with Gasteiger partial charge in [-0.25, -0.2) is 24.5 Å². The fourth-order valence-electron chi connectivity index (χ4n) is 4.85. The average molecular weight is 592 g/mol. The molecule has 5 rings (SSSR count). The number of piperidine rings is 1. The molecule has 2 amide bonds. The van der Waals surface area contributed by atoms with Gasteiger partial charge in [0.2, 0.25) is 0 Å². The van der Waals surface area contributed by atoms with Crippen LogP contribution in [0.25, 0.3) is 32.6 Å². The molecule has 4 N–H and O–H groups in total. The maximum atomic E-state index is 12.2. The second-order valence-corrected chi connectivity index (χ2v) is 11.9. The summed E-state index contributed by atoms with van der Waals surface area (Å²) >= 11 is 1.36. The number of benzene rings is 1. The van der Waals surface area contributed by atoms with E-state index in [0.29, 0.717) is 48.9 Å². The molecule has 0 unspecified atom stereocenters. The highest BCUT2D eigenvalue weighted by atomic mass is 32.1. The first-order valence-electron chi connectivity index (χ1n) is 13.6. The Hall–Kier alpha value is -4.36. The summed E-state index contributed by atoms with van der Waals surface area (Å²) in [6.45, 7) is 8.68. The van der Waals surface area contributed by atoms with E-state index in [1.165, 1.54) is 11.3 Å². The lowest BCUT2D eigenvalue weighted by molar-refractivity contribution is -0.0215. The van der Waals surface area contributed by atoms with Gasteiger partial charge in [-0.15, -0.1) is 0 Å². The zero-order valence-electron chi connectivity index (χ0n) is 23.8. The minimum absolute atomic E-state index is 0.315. The van der Waals surface area contributed by atoms with Crippen LogP contribution in [0.2, 0.25) is 0 Å². The highest BCUT2D eigenvalue weighted by molar-refractivity contribution is 7.22. The van der Waals surface area contributed by atoms with Gasteiger partial charge in [-0.2, -0.15) is 0 Å². The number of pyridine rings is 1. The molecule has 0 atom stereocenters. The van der Waals surface area contributed by atoms with Crippen LogP contribution in [-0.4, -0.2) is 67.6 Å². The van der Waals surface area contributed by atoms with Crippen molar-refractivity contribution in [3.05, 3.63) is 48.7 Å². The van der Waals surface area contributed by atoms with Crippen molar-refractivity contribution in [2.45, 2.75) is 51.7 Å². The van der Waals surface area contributed by atoms with Gasteiger partial charge in [-0.05, 0) is 57.5 Å². The van der Waals surface area contributed by atoms with Crippen LogP contribution in [0.3, 0.4) is 0 Å². The Morgan fingerprint density at radius 1 is 1.12 bits per heavy atom. The van der Waals surface area contributed by atoms with Crippen LogP contribution in [-0.2, 0) is 10.3 Å². The summed E-state index contributed by atoms with van der Waals surface area (Å²) in [7, 11) is 0. The predicted molar refractivity (Wildman–Crippen MR) is 161 cm³/mol. The van der Waals surface area contributed by atoms with E-state index in [1.54, 1.807) is 32.4 Å². The Morgan fingerprint density at radius 2 is 1.83 bits per heavy atom. The van der Waals surface area contributed by atoms with Crippen molar-refractivity contribution in [3.63, 3.8) is 0 Å². The lowest BCUT2D eigenvalue weighted by Crippen LogP contribution is -2.45. The highest BCUT2D eigenvalue weighted by Gasteiger charge is 2.34. The fraction of sp³-hybridized carbons (Fsp3) is 0.379. The van der Waals surface area contributed by atoms with Crippen molar-refractivity contribution in [1.82, 2.24) is 25.3 Å². The average Bonchev–Trinajstić information content (AvgIpc) is 3.34. The number of aliphatic hydroxyl groups is 1. The molecule has 3 aromatic heterocycles. The van der Waals surface area contributed by atoms with E-state index in [-0.39, 0.29) is 6.03 Å². The van der Waals surface area contributed by atoms with Crippen LogP contribution >= 0.6 is 11.3 Å². The van der Waals surface area contributed by atoms with Crippen molar-refractivity contribution < 1.29 is 24.5 Å².